The van der Waals surface area contributed by atoms with Gasteiger partial charge in [-0.15, -0.1) is 10.2 Å². The number of benzene rings is 2. The molecule has 0 spiro atoms. The Labute approximate surface area is 137 Å². The van der Waals surface area contributed by atoms with Crippen LogP contribution in [0.5, 0.6) is 5.75 Å². The first kappa shape index (κ1) is 14.9. The highest BCUT2D eigenvalue weighted by Gasteiger charge is 2.09. The fraction of sp³-hybridized carbons (Fsp3) is 0.125. The topological polar surface area (TPSA) is 48.2 Å². The number of hydrogen-bond acceptors (Lipinski definition) is 4. The lowest BCUT2D eigenvalue weighted by Crippen LogP contribution is -1.95. The molecule has 0 fully saturated rings. The molecule has 0 amide bonds. The summed E-state index contributed by atoms with van der Waals surface area (Å²) in [5.74, 6) is 1.39. The van der Waals surface area contributed by atoms with Gasteiger partial charge in [-0.05, 0) is 37.3 Å². The zero-order valence-electron chi connectivity index (χ0n) is 11.7. The first-order valence-electron chi connectivity index (χ1n) is 6.58. The number of rotatable bonds is 4. The van der Waals surface area contributed by atoms with Crippen molar-refractivity contribution in [3.05, 3.63) is 64.0 Å². The van der Waals surface area contributed by atoms with Gasteiger partial charge in [-0.25, -0.2) is 0 Å². The van der Waals surface area contributed by atoms with E-state index < -0.39 is 0 Å². The fourth-order valence-electron chi connectivity index (χ4n) is 1.88. The Kier molecular flexibility index (Phi) is 4.32. The van der Waals surface area contributed by atoms with Crippen molar-refractivity contribution < 1.29 is 9.15 Å². The van der Waals surface area contributed by atoms with Crippen molar-refractivity contribution in [1.82, 2.24) is 10.2 Å². The predicted octanol–water partition coefficient (Wildman–Crippen LogP) is 4.93. The number of halogens is 2. The molecule has 3 rings (SSSR count). The molecule has 0 saturated heterocycles. The number of aromatic nitrogens is 2. The lowest BCUT2D eigenvalue weighted by Gasteiger charge is -2.04. The number of hydrogen-bond donors (Lipinski definition) is 0. The molecule has 1 heterocycles. The summed E-state index contributed by atoms with van der Waals surface area (Å²) < 4.78 is 11.1. The van der Waals surface area contributed by atoms with Crippen LogP contribution in [-0.2, 0) is 6.61 Å². The van der Waals surface area contributed by atoms with Crippen molar-refractivity contribution >= 4 is 23.2 Å². The van der Waals surface area contributed by atoms with Gasteiger partial charge in [-0.1, -0.05) is 40.9 Å². The van der Waals surface area contributed by atoms with E-state index in [1.807, 2.05) is 31.2 Å². The average molecular weight is 335 g/mol. The first-order chi connectivity index (χ1) is 10.6. The monoisotopic (exact) mass is 334 g/mol. The Morgan fingerprint density at radius 3 is 2.36 bits per heavy atom. The standard InChI is InChI=1S/C16H12Cl2N2O2/c1-10-2-4-11(5-3-10)16-20-19-15(22-16)9-21-14-7-12(17)6-13(18)8-14/h2-8H,9H2,1H3. The summed E-state index contributed by atoms with van der Waals surface area (Å²) in [4.78, 5) is 0. The van der Waals surface area contributed by atoms with E-state index in [1.165, 1.54) is 5.56 Å². The van der Waals surface area contributed by atoms with Gasteiger partial charge in [-0.3, -0.25) is 0 Å². The van der Waals surface area contributed by atoms with Gasteiger partial charge >= 0.3 is 0 Å². The molecule has 6 heteroatoms. The van der Waals surface area contributed by atoms with Gasteiger partial charge < -0.3 is 9.15 Å². The number of nitrogens with zero attached hydrogens (tertiary/aromatic N) is 2. The van der Waals surface area contributed by atoms with E-state index in [0.29, 0.717) is 27.6 Å². The second-order valence-corrected chi connectivity index (χ2v) is 5.63. The molecule has 1 aromatic heterocycles. The van der Waals surface area contributed by atoms with Gasteiger partial charge in [0, 0.05) is 15.6 Å². The molecule has 0 N–H and O–H groups in total. The van der Waals surface area contributed by atoms with Crippen LogP contribution < -0.4 is 4.74 Å². The van der Waals surface area contributed by atoms with Crippen LogP contribution in [0.2, 0.25) is 10.0 Å². The Balaban J connectivity index is 1.70. The van der Waals surface area contributed by atoms with Crippen molar-refractivity contribution in [2.75, 3.05) is 0 Å². The molecule has 4 nitrogen and oxygen atoms in total. The molecule has 0 radical (unpaired) electrons. The third kappa shape index (κ3) is 3.59. The second kappa shape index (κ2) is 6.38. The summed E-state index contributed by atoms with van der Waals surface area (Å²) in [5.41, 5.74) is 2.04. The summed E-state index contributed by atoms with van der Waals surface area (Å²) in [7, 11) is 0. The van der Waals surface area contributed by atoms with Gasteiger partial charge in [0.05, 0.1) is 0 Å². The van der Waals surface area contributed by atoms with E-state index in [1.54, 1.807) is 18.2 Å². The number of ether oxygens (including phenoxy) is 1. The van der Waals surface area contributed by atoms with Crippen LogP contribution in [0.3, 0.4) is 0 Å². The molecule has 2 aromatic carbocycles. The van der Waals surface area contributed by atoms with Crippen LogP contribution in [0.1, 0.15) is 11.5 Å². The quantitative estimate of drug-likeness (QED) is 0.678. The van der Waals surface area contributed by atoms with Gasteiger partial charge in [0.25, 0.3) is 5.89 Å². The highest BCUT2D eigenvalue weighted by molar-refractivity contribution is 6.34. The van der Waals surface area contributed by atoms with Crippen LogP contribution in [-0.4, -0.2) is 10.2 Å². The highest BCUT2D eigenvalue weighted by Crippen LogP contribution is 2.25. The Hall–Kier alpha value is -2.04. The first-order valence-corrected chi connectivity index (χ1v) is 7.34. The summed E-state index contributed by atoms with van der Waals surface area (Å²) in [6.07, 6.45) is 0. The zero-order chi connectivity index (χ0) is 15.5. The highest BCUT2D eigenvalue weighted by atomic mass is 35.5. The molecule has 0 aliphatic heterocycles. The van der Waals surface area contributed by atoms with E-state index >= 15 is 0 Å². The van der Waals surface area contributed by atoms with E-state index in [9.17, 15) is 0 Å². The van der Waals surface area contributed by atoms with Gasteiger partial charge in [-0.2, -0.15) is 0 Å². The maximum Gasteiger partial charge on any atom is 0.254 e. The lowest BCUT2D eigenvalue weighted by atomic mass is 10.1. The minimum atomic E-state index is 0.148. The van der Waals surface area contributed by atoms with Gasteiger partial charge in [0.15, 0.2) is 6.61 Å². The van der Waals surface area contributed by atoms with E-state index in [4.69, 9.17) is 32.4 Å². The van der Waals surface area contributed by atoms with E-state index in [0.717, 1.165) is 5.56 Å². The molecule has 0 atom stereocenters. The van der Waals surface area contributed by atoms with Crippen molar-refractivity contribution in [2.45, 2.75) is 13.5 Å². The Morgan fingerprint density at radius 1 is 1.00 bits per heavy atom. The summed E-state index contributed by atoms with van der Waals surface area (Å²) in [6.45, 7) is 2.17. The van der Waals surface area contributed by atoms with Crippen molar-refractivity contribution in [3.63, 3.8) is 0 Å². The molecule has 0 aliphatic carbocycles. The molecular formula is C16H12Cl2N2O2. The molecule has 0 unspecified atom stereocenters. The van der Waals surface area contributed by atoms with Crippen molar-refractivity contribution in [3.8, 4) is 17.2 Å². The maximum atomic E-state index is 5.91. The van der Waals surface area contributed by atoms with Crippen LogP contribution in [0.4, 0.5) is 0 Å². The summed E-state index contributed by atoms with van der Waals surface area (Å²) in [5, 5.41) is 9.00. The van der Waals surface area contributed by atoms with E-state index in [2.05, 4.69) is 10.2 Å². The Morgan fingerprint density at radius 2 is 1.68 bits per heavy atom. The maximum absolute atomic E-state index is 5.91. The van der Waals surface area contributed by atoms with Gasteiger partial charge in [0.2, 0.25) is 5.89 Å². The zero-order valence-corrected chi connectivity index (χ0v) is 13.2. The van der Waals surface area contributed by atoms with Crippen LogP contribution in [0.15, 0.2) is 46.9 Å². The van der Waals surface area contributed by atoms with Crippen molar-refractivity contribution in [1.29, 1.82) is 0 Å². The second-order valence-electron chi connectivity index (χ2n) is 4.76. The third-order valence-corrected chi connectivity index (χ3v) is 3.40. The van der Waals surface area contributed by atoms with Crippen LogP contribution in [0.25, 0.3) is 11.5 Å². The van der Waals surface area contributed by atoms with Gasteiger partial charge in [0.1, 0.15) is 5.75 Å². The average Bonchev–Trinajstić information content (AvgIpc) is 2.94. The minimum Gasteiger partial charge on any atom is -0.484 e. The normalized spacial score (nSPS) is 10.7. The van der Waals surface area contributed by atoms with E-state index in [-0.39, 0.29) is 6.61 Å². The number of aryl methyl sites for hydroxylation is 1. The molecule has 22 heavy (non-hydrogen) atoms. The summed E-state index contributed by atoms with van der Waals surface area (Å²) in [6, 6.07) is 12.8. The van der Waals surface area contributed by atoms with Crippen LogP contribution in [0, 0.1) is 6.92 Å². The largest absolute Gasteiger partial charge is 0.484 e. The third-order valence-electron chi connectivity index (χ3n) is 2.96. The minimum absolute atomic E-state index is 0.148. The summed E-state index contributed by atoms with van der Waals surface area (Å²) >= 11 is 11.8. The predicted molar refractivity (Wildman–Crippen MR) is 85.3 cm³/mol. The smallest absolute Gasteiger partial charge is 0.254 e. The fourth-order valence-corrected chi connectivity index (χ4v) is 2.39. The molecule has 112 valence electrons. The van der Waals surface area contributed by atoms with Crippen LogP contribution >= 0.6 is 23.2 Å². The SMILES string of the molecule is Cc1ccc(-c2nnc(COc3cc(Cl)cc(Cl)c3)o2)cc1. The lowest BCUT2D eigenvalue weighted by molar-refractivity contribution is 0.264. The molecule has 0 bridgehead atoms. The van der Waals surface area contributed by atoms with Crippen molar-refractivity contribution in [2.24, 2.45) is 0 Å². The molecular weight excluding hydrogens is 323 g/mol. The molecule has 0 saturated carbocycles. The Bertz CT molecular complexity index is 765. The molecule has 0 aliphatic rings. The molecule has 3 aromatic rings.